The van der Waals surface area contributed by atoms with Crippen LogP contribution in [-0.2, 0) is 0 Å². The van der Waals surface area contributed by atoms with Gasteiger partial charge in [0.15, 0.2) is 11.5 Å². The lowest BCUT2D eigenvalue weighted by atomic mass is 10.0. The fourth-order valence-corrected chi connectivity index (χ4v) is 3.22. The standard InChI is InChI=1S/C26H22O2/c1-27-25-18-23-15-14-22(21-12-6-3-7-13-21)17-24(23)19-26(25)28-16-8-11-20-9-4-2-5-10-20/h2-15,17-19H,16H2,1H3/b11-8+. The molecule has 138 valence electrons. The van der Waals surface area contributed by atoms with E-state index in [1.165, 1.54) is 11.1 Å². The molecule has 4 rings (SSSR count). The molecule has 2 heteroatoms. The van der Waals surface area contributed by atoms with Gasteiger partial charge < -0.3 is 9.47 Å². The van der Waals surface area contributed by atoms with Crippen molar-refractivity contribution in [1.29, 1.82) is 0 Å². The molecule has 0 aliphatic heterocycles. The molecular formula is C26H22O2. The highest BCUT2D eigenvalue weighted by atomic mass is 16.5. The molecule has 4 aromatic carbocycles. The normalized spacial score (nSPS) is 11.0. The van der Waals surface area contributed by atoms with Crippen molar-refractivity contribution < 1.29 is 9.47 Å². The molecule has 0 saturated heterocycles. The van der Waals surface area contributed by atoms with Gasteiger partial charge in [-0.15, -0.1) is 0 Å². The van der Waals surface area contributed by atoms with Crippen molar-refractivity contribution in [3.05, 3.63) is 103 Å². The summed E-state index contributed by atoms with van der Waals surface area (Å²) in [4.78, 5) is 0. The lowest BCUT2D eigenvalue weighted by Gasteiger charge is -2.12. The van der Waals surface area contributed by atoms with Crippen LogP contribution in [0.15, 0.2) is 97.1 Å². The molecule has 0 unspecified atom stereocenters. The van der Waals surface area contributed by atoms with Crippen molar-refractivity contribution in [3.8, 4) is 22.6 Å². The van der Waals surface area contributed by atoms with Gasteiger partial charge in [-0.25, -0.2) is 0 Å². The van der Waals surface area contributed by atoms with Crippen molar-refractivity contribution >= 4 is 16.8 Å². The quantitative estimate of drug-likeness (QED) is 0.382. The summed E-state index contributed by atoms with van der Waals surface area (Å²) in [6, 6.07) is 31.1. The molecule has 4 aromatic rings. The van der Waals surface area contributed by atoms with Gasteiger partial charge in [-0.05, 0) is 51.7 Å². The zero-order valence-corrected chi connectivity index (χ0v) is 15.8. The van der Waals surface area contributed by atoms with Crippen LogP contribution in [0.2, 0.25) is 0 Å². The second-order valence-corrected chi connectivity index (χ2v) is 6.56. The molecule has 28 heavy (non-hydrogen) atoms. The fourth-order valence-electron chi connectivity index (χ4n) is 3.22. The number of benzene rings is 4. The fraction of sp³-hybridized carbons (Fsp3) is 0.0769. The van der Waals surface area contributed by atoms with Crippen LogP contribution < -0.4 is 9.47 Å². The summed E-state index contributed by atoms with van der Waals surface area (Å²) in [6.45, 7) is 0.481. The molecule has 0 aliphatic carbocycles. The Labute approximate surface area is 165 Å². The molecule has 0 N–H and O–H groups in total. The largest absolute Gasteiger partial charge is 0.493 e. The Kier molecular flexibility index (Phi) is 5.39. The number of rotatable bonds is 6. The van der Waals surface area contributed by atoms with Gasteiger partial charge in [-0.2, -0.15) is 0 Å². The maximum atomic E-state index is 5.99. The average Bonchev–Trinajstić information content (AvgIpc) is 2.77. The molecule has 0 radical (unpaired) electrons. The number of hydrogen-bond acceptors (Lipinski definition) is 2. The van der Waals surface area contributed by atoms with E-state index in [1.54, 1.807) is 7.11 Å². The van der Waals surface area contributed by atoms with Gasteiger partial charge in [-0.3, -0.25) is 0 Å². The van der Waals surface area contributed by atoms with Crippen LogP contribution in [0.25, 0.3) is 28.0 Å². The smallest absolute Gasteiger partial charge is 0.162 e. The summed E-state index contributed by atoms with van der Waals surface area (Å²) in [5.74, 6) is 1.49. The van der Waals surface area contributed by atoms with Crippen molar-refractivity contribution in [1.82, 2.24) is 0 Å². The molecule has 0 spiro atoms. The van der Waals surface area contributed by atoms with E-state index < -0.39 is 0 Å². The minimum absolute atomic E-state index is 0.481. The molecule has 0 saturated carbocycles. The van der Waals surface area contributed by atoms with E-state index in [4.69, 9.17) is 9.47 Å². The number of fused-ring (bicyclic) bond motifs is 1. The van der Waals surface area contributed by atoms with Crippen LogP contribution in [0.4, 0.5) is 0 Å². The van der Waals surface area contributed by atoms with Gasteiger partial charge in [-0.1, -0.05) is 78.9 Å². The predicted octanol–water partition coefficient (Wildman–Crippen LogP) is 6.61. The summed E-state index contributed by atoms with van der Waals surface area (Å²) in [7, 11) is 1.67. The first-order valence-electron chi connectivity index (χ1n) is 9.35. The van der Waals surface area contributed by atoms with E-state index in [-0.39, 0.29) is 0 Å². The van der Waals surface area contributed by atoms with Crippen LogP contribution in [0.1, 0.15) is 5.56 Å². The lowest BCUT2D eigenvalue weighted by Crippen LogP contribution is -1.96. The summed E-state index contributed by atoms with van der Waals surface area (Å²) >= 11 is 0. The van der Waals surface area contributed by atoms with Crippen LogP contribution in [0.5, 0.6) is 11.5 Å². The monoisotopic (exact) mass is 366 g/mol. The van der Waals surface area contributed by atoms with Gasteiger partial charge in [0.25, 0.3) is 0 Å². The van der Waals surface area contributed by atoms with Gasteiger partial charge in [0.05, 0.1) is 7.11 Å². The average molecular weight is 366 g/mol. The number of methoxy groups -OCH3 is 1. The molecule has 0 bridgehead atoms. The molecule has 0 aromatic heterocycles. The molecule has 0 aliphatic rings. The Balaban J connectivity index is 1.58. The third kappa shape index (κ3) is 4.07. The molecule has 0 amide bonds. The zero-order chi connectivity index (χ0) is 19.2. The first-order chi connectivity index (χ1) is 13.8. The molecule has 0 fully saturated rings. The topological polar surface area (TPSA) is 18.5 Å². The maximum absolute atomic E-state index is 5.99. The molecular weight excluding hydrogens is 344 g/mol. The SMILES string of the molecule is COc1cc2ccc(-c3ccccc3)cc2cc1OC/C=C/c1ccccc1. The Morgan fingerprint density at radius 1 is 0.679 bits per heavy atom. The van der Waals surface area contributed by atoms with Gasteiger partial charge in [0.2, 0.25) is 0 Å². The molecule has 0 atom stereocenters. The third-order valence-corrected chi connectivity index (χ3v) is 4.67. The zero-order valence-electron chi connectivity index (χ0n) is 15.8. The first kappa shape index (κ1) is 17.9. The van der Waals surface area contributed by atoms with E-state index in [0.717, 1.165) is 27.8 Å². The summed E-state index contributed by atoms with van der Waals surface area (Å²) < 4.78 is 11.5. The van der Waals surface area contributed by atoms with E-state index in [1.807, 2.05) is 36.4 Å². The first-order valence-corrected chi connectivity index (χ1v) is 9.35. The van der Waals surface area contributed by atoms with Crippen LogP contribution in [0.3, 0.4) is 0 Å². The maximum Gasteiger partial charge on any atom is 0.162 e. The van der Waals surface area contributed by atoms with Crippen LogP contribution in [0, 0.1) is 0 Å². The van der Waals surface area contributed by atoms with E-state index in [0.29, 0.717) is 6.61 Å². The summed E-state index contributed by atoms with van der Waals surface area (Å²) in [5, 5.41) is 2.26. The highest BCUT2D eigenvalue weighted by Crippen LogP contribution is 2.34. The minimum atomic E-state index is 0.481. The second kappa shape index (κ2) is 8.45. The minimum Gasteiger partial charge on any atom is -0.493 e. The highest BCUT2D eigenvalue weighted by Gasteiger charge is 2.08. The van der Waals surface area contributed by atoms with Crippen molar-refractivity contribution in [2.24, 2.45) is 0 Å². The van der Waals surface area contributed by atoms with Gasteiger partial charge in [0, 0.05) is 0 Å². The van der Waals surface area contributed by atoms with Crippen LogP contribution in [-0.4, -0.2) is 13.7 Å². The third-order valence-electron chi connectivity index (χ3n) is 4.67. The molecule has 2 nitrogen and oxygen atoms in total. The van der Waals surface area contributed by atoms with Crippen molar-refractivity contribution in [2.45, 2.75) is 0 Å². The summed E-state index contributed by atoms with van der Waals surface area (Å²) in [6.07, 6.45) is 4.07. The van der Waals surface area contributed by atoms with Crippen LogP contribution >= 0.6 is 0 Å². The summed E-state index contributed by atoms with van der Waals surface area (Å²) in [5.41, 5.74) is 3.55. The van der Waals surface area contributed by atoms with E-state index in [2.05, 4.69) is 66.7 Å². The van der Waals surface area contributed by atoms with Crippen molar-refractivity contribution in [3.63, 3.8) is 0 Å². The second-order valence-electron chi connectivity index (χ2n) is 6.56. The Morgan fingerprint density at radius 2 is 1.39 bits per heavy atom. The van der Waals surface area contributed by atoms with Gasteiger partial charge >= 0.3 is 0 Å². The Hall–Kier alpha value is -3.52. The highest BCUT2D eigenvalue weighted by molar-refractivity contribution is 5.90. The lowest BCUT2D eigenvalue weighted by molar-refractivity contribution is 0.327. The van der Waals surface area contributed by atoms with Gasteiger partial charge in [0.1, 0.15) is 6.61 Å². The number of hydrogen-bond donors (Lipinski definition) is 0. The predicted molar refractivity (Wildman–Crippen MR) is 117 cm³/mol. The van der Waals surface area contributed by atoms with E-state index >= 15 is 0 Å². The van der Waals surface area contributed by atoms with E-state index in [9.17, 15) is 0 Å². The number of ether oxygens (including phenoxy) is 2. The van der Waals surface area contributed by atoms with Crippen molar-refractivity contribution in [2.75, 3.05) is 13.7 Å². The Morgan fingerprint density at radius 3 is 2.14 bits per heavy atom. The Bertz CT molecular complexity index is 1080. The molecule has 0 heterocycles.